The van der Waals surface area contributed by atoms with Gasteiger partial charge >= 0.3 is 0 Å². The van der Waals surface area contributed by atoms with Crippen LogP contribution in [-0.2, 0) is 4.74 Å². The number of nitrogens with one attached hydrogen (secondary N) is 1. The van der Waals surface area contributed by atoms with Gasteiger partial charge in [0.2, 0.25) is 0 Å². The summed E-state index contributed by atoms with van der Waals surface area (Å²) in [7, 11) is 0. The van der Waals surface area contributed by atoms with E-state index in [0.717, 1.165) is 25.7 Å². The molecule has 1 N–H and O–H groups in total. The molecule has 3 heteroatoms. The molecule has 0 aliphatic carbocycles. The number of hydrogen-bond acceptors (Lipinski definition) is 3. The second-order valence-electron chi connectivity index (χ2n) is 3.63. The molecular weight excluding hydrogens is 182 g/mol. The first-order chi connectivity index (χ1) is 6.43. The molecule has 0 amide bonds. The summed E-state index contributed by atoms with van der Waals surface area (Å²) in [5, 5.41) is 3.40. The van der Waals surface area contributed by atoms with Crippen molar-refractivity contribution >= 4 is 11.8 Å². The summed E-state index contributed by atoms with van der Waals surface area (Å²) in [5.74, 6) is 1.99. The van der Waals surface area contributed by atoms with Crippen LogP contribution in [0.15, 0.2) is 0 Å². The molecule has 78 valence electrons. The highest BCUT2D eigenvalue weighted by Crippen LogP contribution is 2.10. The second kappa shape index (κ2) is 7.65. The molecule has 1 fully saturated rings. The Morgan fingerprint density at radius 2 is 2.46 bits per heavy atom. The molecule has 1 unspecified atom stereocenters. The molecule has 2 nitrogen and oxygen atoms in total. The summed E-state index contributed by atoms with van der Waals surface area (Å²) >= 11 is 1.90. The third-order valence-corrected chi connectivity index (χ3v) is 3.09. The molecule has 1 saturated heterocycles. The standard InChI is InChI=1S/C10H21NOS/c1-13-7-3-6-12-9-10-4-2-5-11-8-10/h10-11H,2-9H2,1H3. The molecule has 0 radical (unpaired) electrons. The average molecular weight is 203 g/mol. The number of piperidine rings is 1. The Morgan fingerprint density at radius 1 is 1.54 bits per heavy atom. The van der Waals surface area contributed by atoms with Gasteiger partial charge in [0.15, 0.2) is 0 Å². The molecule has 0 aromatic rings. The fraction of sp³-hybridized carbons (Fsp3) is 1.00. The minimum absolute atomic E-state index is 0.767. The van der Waals surface area contributed by atoms with E-state index < -0.39 is 0 Å². The van der Waals surface area contributed by atoms with E-state index in [1.165, 1.54) is 31.6 Å². The van der Waals surface area contributed by atoms with Crippen LogP contribution in [0, 0.1) is 5.92 Å². The summed E-state index contributed by atoms with van der Waals surface area (Å²) < 4.78 is 5.62. The average Bonchev–Trinajstić information content (AvgIpc) is 2.19. The predicted molar refractivity (Wildman–Crippen MR) is 59.4 cm³/mol. The number of hydrogen-bond donors (Lipinski definition) is 1. The monoisotopic (exact) mass is 203 g/mol. The van der Waals surface area contributed by atoms with E-state index >= 15 is 0 Å². The molecule has 0 spiro atoms. The maximum atomic E-state index is 5.62. The first-order valence-corrected chi connectivity index (χ1v) is 6.60. The first kappa shape index (κ1) is 11.3. The van der Waals surface area contributed by atoms with E-state index in [-0.39, 0.29) is 0 Å². The Bertz CT molecular complexity index is 115. The normalized spacial score (nSPS) is 23.3. The highest BCUT2D eigenvalue weighted by Gasteiger charge is 2.12. The highest BCUT2D eigenvalue weighted by atomic mass is 32.2. The summed E-state index contributed by atoms with van der Waals surface area (Å²) in [5.41, 5.74) is 0. The maximum Gasteiger partial charge on any atom is 0.0506 e. The van der Waals surface area contributed by atoms with Gasteiger partial charge < -0.3 is 10.1 Å². The van der Waals surface area contributed by atoms with Crippen molar-refractivity contribution < 1.29 is 4.74 Å². The molecule has 0 bridgehead atoms. The molecule has 13 heavy (non-hydrogen) atoms. The Hall–Kier alpha value is 0.270. The fourth-order valence-electron chi connectivity index (χ4n) is 1.62. The van der Waals surface area contributed by atoms with Crippen molar-refractivity contribution in [3.8, 4) is 0 Å². The van der Waals surface area contributed by atoms with Crippen LogP contribution in [0.2, 0.25) is 0 Å². The quantitative estimate of drug-likeness (QED) is 0.665. The van der Waals surface area contributed by atoms with Crippen molar-refractivity contribution in [1.29, 1.82) is 0 Å². The van der Waals surface area contributed by atoms with Gasteiger partial charge in [0.25, 0.3) is 0 Å². The van der Waals surface area contributed by atoms with Crippen molar-refractivity contribution in [3.63, 3.8) is 0 Å². The smallest absolute Gasteiger partial charge is 0.0506 e. The van der Waals surface area contributed by atoms with E-state index in [1.54, 1.807) is 0 Å². The van der Waals surface area contributed by atoms with Gasteiger partial charge in [0.1, 0.15) is 0 Å². The molecular formula is C10H21NOS. The van der Waals surface area contributed by atoms with Gasteiger partial charge in [-0.3, -0.25) is 0 Å². The molecule has 0 aromatic heterocycles. The van der Waals surface area contributed by atoms with Gasteiger partial charge in [-0.2, -0.15) is 11.8 Å². The van der Waals surface area contributed by atoms with Crippen LogP contribution in [0.5, 0.6) is 0 Å². The van der Waals surface area contributed by atoms with Crippen molar-refractivity contribution in [2.45, 2.75) is 19.3 Å². The van der Waals surface area contributed by atoms with Crippen LogP contribution >= 0.6 is 11.8 Å². The zero-order valence-corrected chi connectivity index (χ0v) is 9.37. The maximum absolute atomic E-state index is 5.62. The van der Waals surface area contributed by atoms with E-state index in [0.29, 0.717) is 0 Å². The Balaban J connectivity index is 1.86. The first-order valence-electron chi connectivity index (χ1n) is 5.21. The molecule has 0 aromatic carbocycles. The summed E-state index contributed by atoms with van der Waals surface area (Å²) in [6.07, 6.45) is 6.00. The van der Waals surface area contributed by atoms with Crippen LogP contribution in [0.3, 0.4) is 0 Å². The zero-order chi connectivity index (χ0) is 9.36. The summed E-state index contributed by atoms with van der Waals surface area (Å²) in [6.45, 7) is 4.25. The van der Waals surface area contributed by atoms with Gasteiger partial charge in [0, 0.05) is 13.2 Å². The van der Waals surface area contributed by atoms with Gasteiger partial charge in [-0.25, -0.2) is 0 Å². The lowest BCUT2D eigenvalue weighted by molar-refractivity contribution is 0.0909. The number of rotatable bonds is 6. The van der Waals surface area contributed by atoms with Crippen molar-refractivity contribution in [2.24, 2.45) is 5.92 Å². The van der Waals surface area contributed by atoms with E-state index in [4.69, 9.17) is 4.74 Å². The largest absolute Gasteiger partial charge is 0.381 e. The Labute approximate surface area is 85.8 Å². The predicted octanol–water partition coefficient (Wildman–Crippen LogP) is 1.76. The number of thioether (sulfide) groups is 1. The lowest BCUT2D eigenvalue weighted by Gasteiger charge is -2.22. The van der Waals surface area contributed by atoms with Crippen molar-refractivity contribution in [3.05, 3.63) is 0 Å². The molecule has 1 heterocycles. The van der Waals surface area contributed by atoms with Crippen LogP contribution in [0.4, 0.5) is 0 Å². The highest BCUT2D eigenvalue weighted by molar-refractivity contribution is 7.98. The fourth-order valence-corrected chi connectivity index (χ4v) is 2.03. The summed E-state index contributed by atoms with van der Waals surface area (Å²) in [4.78, 5) is 0. The molecule has 0 saturated carbocycles. The van der Waals surface area contributed by atoms with E-state index in [1.807, 2.05) is 11.8 Å². The lowest BCUT2D eigenvalue weighted by Crippen LogP contribution is -2.32. The van der Waals surface area contributed by atoms with Crippen LogP contribution in [0.1, 0.15) is 19.3 Å². The topological polar surface area (TPSA) is 21.3 Å². The van der Waals surface area contributed by atoms with Crippen molar-refractivity contribution in [2.75, 3.05) is 38.3 Å². The lowest BCUT2D eigenvalue weighted by atomic mass is 10.0. The van der Waals surface area contributed by atoms with Gasteiger partial charge in [0.05, 0.1) is 6.61 Å². The van der Waals surface area contributed by atoms with Gasteiger partial charge in [-0.1, -0.05) is 0 Å². The second-order valence-corrected chi connectivity index (χ2v) is 4.62. The van der Waals surface area contributed by atoms with Gasteiger partial charge in [-0.15, -0.1) is 0 Å². The SMILES string of the molecule is CSCCCOCC1CCCNC1. The molecule has 1 aliphatic heterocycles. The molecule has 1 atom stereocenters. The minimum Gasteiger partial charge on any atom is -0.381 e. The van der Waals surface area contributed by atoms with Crippen LogP contribution < -0.4 is 5.32 Å². The third kappa shape index (κ3) is 5.55. The van der Waals surface area contributed by atoms with Gasteiger partial charge in [-0.05, 0) is 43.7 Å². The minimum atomic E-state index is 0.767. The Morgan fingerprint density at radius 3 is 3.15 bits per heavy atom. The van der Waals surface area contributed by atoms with E-state index in [2.05, 4.69) is 11.6 Å². The van der Waals surface area contributed by atoms with Crippen LogP contribution in [-0.4, -0.2) is 38.3 Å². The Kier molecular flexibility index (Phi) is 6.68. The third-order valence-electron chi connectivity index (χ3n) is 2.39. The van der Waals surface area contributed by atoms with Crippen LogP contribution in [0.25, 0.3) is 0 Å². The zero-order valence-electron chi connectivity index (χ0n) is 8.55. The van der Waals surface area contributed by atoms with Crippen molar-refractivity contribution in [1.82, 2.24) is 5.32 Å². The molecule has 1 rings (SSSR count). The summed E-state index contributed by atoms with van der Waals surface area (Å²) in [6, 6.07) is 0. The van der Waals surface area contributed by atoms with E-state index in [9.17, 15) is 0 Å². The number of ether oxygens (including phenoxy) is 1. The molecule has 1 aliphatic rings.